The van der Waals surface area contributed by atoms with Crippen molar-refractivity contribution >= 4 is 168 Å². The first-order chi connectivity index (χ1) is 18.7. The van der Waals surface area contributed by atoms with Crippen LogP contribution in [0.15, 0.2) is 35.6 Å². The summed E-state index contributed by atoms with van der Waals surface area (Å²) in [5.74, 6) is -0.00960. The first-order valence-electron chi connectivity index (χ1n) is 10.3. The Labute approximate surface area is 299 Å². The molecule has 0 nitrogen and oxygen atoms in total. The highest BCUT2D eigenvalue weighted by molar-refractivity contribution is 6.57. The molecule has 0 N–H and O–H groups in total. The number of allylic oxidation sites excluding steroid dienone is 4. The van der Waals surface area contributed by atoms with Crippen LogP contribution in [-0.2, 0) is 0 Å². The van der Waals surface area contributed by atoms with E-state index in [9.17, 15) is 0 Å². The van der Waals surface area contributed by atoms with Crippen molar-refractivity contribution in [1.82, 2.24) is 0 Å². The average molecular weight is 814 g/mol. The number of rotatable bonds is 5. The van der Waals surface area contributed by atoms with E-state index >= 15 is 0 Å². The Hall–Kier alpha value is 0.720. The van der Waals surface area contributed by atoms with Gasteiger partial charge in [0.2, 0.25) is 0 Å². The number of benzene rings is 3. The fourth-order valence-corrected chi connectivity index (χ4v) is 7.50. The van der Waals surface area contributed by atoms with Crippen LogP contribution < -0.4 is 0 Å². The summed E-state index contributed by atoms with van der Waals surface area (Å²) in [7, 11) is 0. The monoisotopic (exact) mass is 807 g/mol. The molecule has 0 fully saturated rings. The van der Waals surface area contributed by atoms with Crippen molar-refractivity contribution in [3.05, 3.63) is 134 Å². The van der Waals surface area contributed by atoms with Gasteiger partial charge in [-0.05, 0) is 18.2 Å². The minimum absolute atomic E-state index is 0.00636. The molecule has 4 rings (SSSR count). The molecule has 207 valence electrons. The van der Waals surface area contributed by atoms with Crippen LogP contribution in [0.4, 0.5) is 0 Å². The van der Waals surface area contributed by atoms with Crippen LogP contribution in [0.2, 0.25) is 70.3 Å². The van der Waals surface area contributed by atoms with Gasteiger partial charge in [-0.15, -0.1) is 5.73 Å². The summed E-state index contributed by atoms with van der Waals surface area (Å²) in [6.07, 6.45) is 8.75. The number of hydrogen-bond acceptors (Lipinski definition) is 0. The molecule has 0 aliphatic heterocycles. The zero-order valence-corrected chi connectivity index (χ0v) is 29.3. The molecule has 0 heterocycles. The number of hydrogen-bond donors (Lipinski definition) is 0. The summed E-state index contributed by atoms with van der Waals surface area (Å²) in [5.41, 5.74) is 4.07. The molecule has 1 radical (unpaired) electrons. The summed E-state index contributed by atoms with van der Waals surface area (Å²) in [5, 5.41) is -1.52. The van der Waals surface area contributed by atoms with Crippen molar-refractivity contribution in [3.63, 3.8) is 0 Å². The molecule has 0 bridgehead atoms. The molecule has 14 heteroatoms. The van der Waals surface area contributed by atoms with E-state index in [1.165, 1.54) is 0 Å². The average Bonchev–Trinajstić information content (AvgIpc) is 3.45. The van der Waals surface area contributed by atoms with Crippen LogP contribution in [0.5, 0.6) is 0 Å². The van der Waals surface area contributed by atoms with Gasteiger partial charge in [0.05, 0.1) is 76.2 Å². The van der Waals surface area contributed by atoms with E-state index < -0.39 is 0 Å². The molecule has 0 saturated heterocycles. The topological polar surface area (TPSA) is 0 Å². The molecule has 0 unspecified atom stereocenters. The Morgan fingerprint density at radius 3 is 1.07 bits per heavy atom. The molecule has 0 saturated carbocycles. The minimum atomic E-state index is -0.152. The lowest BCUT2D eigenvalue weighted by Crippen LogP contribution is -2.12. The van der Waals surface area contributed by atoms with Gasteiger partial charge in [0.25, 0.3) is 0 Å². The fraction of sp³-hybridized carbons (Fsp3) is 0. The van der Waals surface area contributed by atoms with E-state index in [1.54, 1.807) is 18.2 Å². The Bertz CT molecular complexity index is 1570. The van der Waals surface area contributed by atoms with Crippen LogP contribution in [-0.4, -0.2) is 0 Å². The quantitative estimate of drug-likeness (QED) is 0.104. The predicted octanol–water partition coefficient (Wildman–Crippen LogP) is 15.5. The van der Waals surface area contributed by atoms with Gasteiger partial charge in [-0.2, -0.15) is 0 Å². The van der Waals surface area contributed by atoms with E-state index in [0.717, 1.165) is 5.57 Å². The molecule has 40 heavy (non-hydrogen) atoms. The Morgan fingerprint density at radius 1 is 0.425 bits per heavy atom. The highest BCUT2D eigenvalue weighted by Gasteiger charge is 2.37. The molecule has 0 spiro atoms. The van der Waals surface area contributed by atoms with E-state index in [2.05, 4.69) is 5.73 Å². The molecule has 1 aliphatic rings. The molecule has 3 aromatic rings. The second-order valence-electron chi connectivity index (χ2n) is 7.77. The summed E-state index contributed by atoms with van der Waals surface area (Å²) in [4.78, 5) is 0. The maximum absolute atomic E-state index is 6.87. The molecular formula is C26H5Cl14. The predicted molar refractivity (Wildman–Crippen MR) is 180 cm³/mol. The highest BCUT2D eigenvalue weighted by Crippen LogP contribution is 2.57. The molecule has 3 aromatic carbocycles. The lowest BCUT2D eigenvalue weighted by atomic mass is 9.84. The maximum Gasteiger partial charge on any atom is 0.0809 e. The third-order valence-corrected chi connectivity index (χ3v) is 11.8. The second kappa shape index (κ2) is 13.4. The normalized spacial score (nSPS) is 12.9. The standard InChI is InChI=1S/C26H5Cl14/c27-13-8(6-5-7-3-1-2-4-7)14(28)16(30)10(15(13)29)9(11-17(31)21(35)25(39)22(36)18(11)32)12-19(33)23(37)26(40)24(38)20(12)34/h1-3,5-6H/b6-5+. The van der Waals surface area contributed by atoms with E-state index in [-0.39, 0.29) is 92.9 Å². The van der Waals surface area contributed by atoms with Crippen LogP contribution >= 0.6 is 162 Å². The zero-order chi connectivity index (χ0) is 29.8. The lowest BCUT2D eigenvalue weighted by molar-refractivity contribution is 1.23. The van der Waals surface area contributed by atoms with Crippen LogP contribution in [0, 0.1) is 5.92 Å². The van der Waals surface area contributed by atoms with Crippen LogP contribution in [0.25, 0.3) is 6.08 Å². The van der Waals surface area contributed by atoms with Crippen molar-refractivity contribution in [2.45, 2.75) is 0 Å². The third kappa shape index (κ3) is 5.89. The minimum Gasteiger partial charge on any atom is -0.113 e. The highest BCUT2D eigenvalue weighted by atomic mass is 35.5. The van der Waals surface area contributed by atoms with Gasteiger partial charge in [0.1, 0.15) is 0 Å². The Kier molecular flexibility index (Phi) is 11.2. The van der Waals surface area contributed by atoms with E-state index in [4.69, 9.17) is 162 Å². The van der Waals surface area contributed by atoms with Crippen LogP contribution in [0.1, 0.15) is 22.3 Å². The molecule has 0 atom stereocenters. The van der Waals surface area contributed by atoms with Gasteiger partial charge in [-0.3, -0.25) is 0 Å². The van der Waals surface area contributed by atoms with Gasteiger partial charge in [-0.25, -0.2) is 0 Å². The Morgan fingerprint density at radius 2 is 0.750 bits per heavy atom. The SMILES string of the molecule is Clc1c(Cl)c(Cl)c([C](c2c(Cl)c(Cl)c(Cl)c(Cl)c2Cl)c2c(Cl)c(Cl)c(/C=C/C3=C=CC=C3)c(Cl)c2Cl)c(Cl)c1Cl. The third-order valence-electron chi connectivity index (χ3n) is 5.52. The molecule has 0 aromatic heterocycles. The van der Waals surface area contributed by atoms with Crippen molar-refractivity contribution in [2.24, 2.45) is 0 Å². The molecular weight excluding hydrogens is 809 g/mol. The first-order valence-corrected chi connectivity index (χ1v) is 15.6. The summed E-state index contributed by atoms with van der Waals surface area (Å²) in [6, 6.07) is 0. The van der Waals surface area contributed by atoms with Gasteiger partial charge >= 0.3 is 0 Å². The van der Waals surface area contributed by atoms with Crippen molar-refractivity contribution < 1.29 is 0 Å². The number of halogens is 14. The van der Waals surface area contributed by atoms with Crippen molar-refractivity contribution in [2.75, 3.05) is 0 Å². The molecule has 0 amide bonds. The van der Waals surface area contributed by atoms with Crippen molar-refractivity contribution in [1.29, 1.82) is 0 Å². The lowest BCUT2D eigenvalue weighted by Gasteiger charge is -2.28. The van der Waals surface area contributed by atoms with Gasteiger partial charge in [0, 0.05) is 27.8 Å². The summed E-state index contributed by atoms with van der Waals surface area (Å²) in [6.45, 7) is 0. The largest absolute Gasteiger partial charge is 0.113 e. The smallest absolute Gasteiger partial charge is 0.0809 e. The van der Waals surface area contributed by atoms with Gasteiger partial charge < -0.3 is 0 Å². The summed E-state index contributed by atoms with van der Waals surface area (Å²) < 4.78 is 0. The Balaban J connectivity index is 2.17. The van der Waals surface area contributed by atoms with Crippen LogP contribution in [0.3, 0.4) is 0 Å². The zero-order valence-electron chi connectivity index (χ0n) is 18.7. The van der Waals surface area contributed by atoms with Gasteiger partial charge in [-0.1, -0.05) is 175 Å². The maximum atomic E-state index is 6.87. The van der Waals surface area contributed by atoms with Crippen molar-refractivity contribution in [3.8, 4) is 0 Å². The van der Waals surface area contributed by atoms with Gasteiger partial charge in [0.15, 0.2) is 0 Å². The second-order valence-corrected chi connectivity index (χ2v) is 13.1. The molecule has 1 aliphatic carbocycles. The van der Waals surface area contributed by atoms with E-state index in [0.29, 0.717) is 5.56 Å². The first kappa shape index (κ1) is 33.6. The fourth-order valence-electron chi connectivity index (χ4n) is 3.66. The van der Waals surface area contributed by atoms with E-state index in [1.807, 2.05) is 12.2 Å². The summed E-state index contributed by atoms with van der Waals surface area (Å²) >= 11 is 92.1.